The Morgan fingerprint density at radius 2 is 0.824 bits per heavy atom. The van der Waals surface area contributed by atoms with Crippen LogP contribution >= 0.6 is 0 Å². The van der Waals surface area contributed by atoms with Gasteiger partial charge >= 0.3 is 24.4 Å². The molecule has 0 heterocycles. The maximum atomic E-state index is 10.3. The third-order valence-electron chi connectivity index (χ3n) is 1.47. The topological polar surface area (TPSA) is 156 Å². The summed E-state index contributed by atoms with van der Waals surface area (Å²) in [7, 11) is 0. The van der Waals surface area contributed by atoms with Crippen molar-refractivity contribution in [2.75, 3.05) is 13.1 Å². The van der Waals surface area contributed by atoms with Gasteiger partial charge in [-0.15, -0.1) is 0 Å². The molecule has 0 aliphatic carbocycles. The largest absolute Gasteiger partial charge is 0.465 e. The summed E-state index contributed by atoms with van der Waals surface area (Å²) in [6.45, 7) is -1.58. The summed E-state index contributed by atoms with van der Waals surface area (Å²) in [5.74, 6) is 0. The van der Waals surface area contributed by atoms with Crippen molar-refractivity contribution in [1.29, 1.82) is 0 Å². The van der Waals surface area contributed by atoms with Crippen molar-refractivity contribution < 1.29 is 39.6 Å². The van der Waals surface area contributed by atoms with E-state index in [-0.39, 0.29) is 39.4 Å². The van der Waals surface area contributed by atoms with E-state index in [2.05, 4.69) is 0 Å². The molecule has 0 aromatic heterocycles. The molecule has 91 valence electrons. The van der Waals surface area contributed by atoms with Gasteiger partial charge in [0.05, 0.1) is 13.1 Å². The van der Waals surface area contributed by atoms with Gasteiger partial charge in [0, 0.05) is 29.6 Å². The second kappa shape index (κ2) is 7.70. The fraction of sp³-hybridized carbons (Fsp3) is 0.333. The molecule has 0 saturated heterocycles. The molecule has 0 aliphatic rings. The average Bonchev–Trinajstić information content (AvgIpc) is 2.09. The van der Waals surface area contributed by atoms with Crippen LogP contribution < -0.4 is 0 Å². The molecule has 0 aromatic carbocycles. The van der Waals surface area contributed by atoms with Gasteiger partial charge in [-0.3, -0.25) is 0 Å². The van der Waals surface area contributed by atoms with E-state index in [1.54, 1.807) is 0 Å². The SMILES string of the molecule is O=C(O)N(CCN(C(=O)O)C(=O)O)C(=O)O.[Na]. The summed E-state index contributed by atoms with van der Waals surface area (Å²) in [6.07, 6.45) is -7.27. The quantitative estimate of drug-likeness (QED) is 0.512. The van der Waals surface area contributed by atoms with Crippen LogP contribution in [-0.2, 0) is 0 Å². The molecule has 11 heteroatoms. The number of carboxylic acid groups (broad SMARTS) is 4. The maximum absolute atomic E-state index is 10.3. The second-order valence-electron chi connectivity index (χ2n) is 2.43. The van der Waals surface area contributed by atoms with Crippen LogP contribution in [0.2, 0.25) is 0 Å². The van der Waals surface area contributed by atoms with E-state index >= 15 is 0 Å². The van der Waals surface area contributed by atoms with Crippen LogP contribution in [0.1, 0.15) is 0 Å². The van der Waals surface area contributed by atoms with Gasteiger partial charge in [0.1, 0.15) is 0 Å². The van der Waals surface area contributed by atoms with Gasteiger partial charge in [-0.05, 0) is 0 Å². The molecule has 0 saturated carbocycles. The number of amides is 4. The van der Waals surface area contributed by atoms with Gasteiger partial charge in [-0.1, -0.05) is 0 Å². The van der Waals surface area contributed by atoms with Crippen LogP contribution in [0.15, 0.2) is 0 Å². The molecule has 1 radical (unpaired) electrons. The molecule has 0 atom stereocenters. The van der Waals surface area contributed by atoms with E-state index < -0.39 is 37.5 Å². The number of rotatable bonds is 3. The first-order valence-corrected chi connectivity index (χ1v) is 3.74. The third-order valence-corrected chi connectivity index (χ3v) is 1.47. The Morgan fingerprint density at radius 1 is 0.647 bits per heavy atom. The first-order chi connectivity index (χ1) is 7.27. The van der Waals surface area contributed by atoms with Crippen molar-refractivity contribution in [2.24, 2.45) is 0 Å². The Kier molecular flexibility index (Phi) is 8.10. The van der Waals surface area contributed by atoms with Crippen molar-refractivity contribution >= 4 is 53.9 Å². The van der Waals surface area contributed by atoms with Gasteiger partial charge < -0.3 is 20.4 Å². The average molecular weight is 259 g/mol. The predicted octanol–water partition coefficient (Wildman–Crippen LogP) is -0.0784. The third kappa shape index (κ3) is 5.94. The van der Waals surface area contributed by atoms with Crippen LogP contribution in [-0.4, -0.2) is 97.2 Å². The van der Waals surface area contributed by atoms with Crippen molar-refractivity contribution in [3.63, 3.8) is 0 Å². The number of carbonyl (C=O) groups is 4. The molecule has 4 N–H and O–H groups in total. The number of nitrogens with zero attached hydrogens (tertiary/aromatic N) is 2. The molecule has 0 aliphatic heterocycles. The molecule has 0 bridgehead atoms. The zero-order valence-electron chi connectivity index (χ0n) is 8.73. The Balaban J connectivity index is 0. The molecular formula is C6H8N2NaO8. The van der Waals surface area contributed by atoms with Crippen LogP contribution in [0.4, 0.5) is 19.2 Å². The van der Waals surface area contributed by atoms with E-state index in [0.29, 0.717) is 0 Å². The molecule has 4 amide bonds. The summed E-state index contributed by atoms with van der Waals surface area (Å²) < 4.78 is 0. The van der Waals surface area contributed by atoms with E-state index in [1.165, 1.54) is 0 Å². The first-order valence-electron chi connectivity index (χ1n) is 3.74. The fourth-order valence-corrected chi connectivity index (χ4v) is 0.746. The Bertz CT molecular complexity index is 272. The standard InChI is InChI=1S/C6H8N2O8.Na/c9-3(10)7(4(11)12)1-2-8(5(13)14)6(15)16;/h1-2H2,(H,9,10)(H,11,12)(H,13,14)(H,15,16);. The predicted molar refractivity (Wildman–Crippen MR) is 51.3 cm³/mol. The molecule has 0 aromatic rings. The molecule has 0 spiro atoms. The number of hydrogen-bond acceptors (Lipinski definition) is 4. The minimum absolute atomic E-state index is 0. The Labute approximate surface area is 116 Å². The summed E-state index contributed by atoms with van der Waals surface area (Å²) >= 11 is 0. The smallest absolute Gasteiger partial charge is 0.416 e. The normalized spacial score (nSPS) is 8.71. The Morgan fingerprint density at radius 3 is 0.941 bits per heavy atom. The molecule has 0 fully saturated rings. The van der Waals surface area contributed by atoms with Gasteiger partial charge in [0.25, 0.3) is 0 Å². The fourth-order valence-electron chi connectivity index (χ4n) is 0.746. The van der Waals surface area contributed by atoms with E-state index in [1.807, 2.05) is 0 Å². The van der Waals surface area contributed by atoms with Gasteiger partial charge in [0.15, 0.2) is 0 Å². The van der Waals surface area contributed by atoms with Crippen LogP contribution in [0.5, 0.6) is 0 Å². The Hall–Kier alpha value is -1.52. The zero-order chi connectivity index (χ0) is 12.9. The van der Waals surface area contributed by atoms with Crippen LogP contribution in [0.25, 0.3) is 0 Å². The van der Waals surface area contributed by atoms with Crippen molar-refractivity contribution in [2.45, 2.75) is 0 Å². The molecule has 0 rings (SSSR count). The van der Waals surface area contributed by atoms with E-state index in [0.717, 1.165) is 0 Å². The summed E-state index contributed by atoms with van der Waals surface area (Å²) in [5, 5.41) is 33.5. The van der Waals surface area contributed by atoms with Crippen molar-refractivity contribution in [3.8, 4) is 0 Å². The first kappa shape index (κ1) is 17.9. The summed E-state index contributed by atoms with van der Waals surface area (Å²) in [4.78, 5) is 41.0. The van der Waals surface area contributed by atoms with E-state index in [4.69, 9.17) is 20.4 Å². The van der Waals surface area contributed by atoms with Crippen LogP contribution in [0.3, 0.4) is 0 Å². The maximum Gasteiger partial charge on any atom is 0.416 e. The minimum Gasteiger partial charge on any atom is -0.465 e. The van der Waals surface area contributed by atoms with Gasteiger partial charge in [0.2, 0.25) is 0 Å². The zero-order valence-corrected chi connectivity index (χ0v) is 10.7. The summed E-state index contributed by atoms with van der Waals surface area (Å²) in [6, 6.07) is 0. The van der Waals surface area contributed by atoms with Crippen molar-refractivity contribution in [1.82, 2.24) is 9.80 Å². The molecular weight excluding hydrogens is 251 g/mol. The van der Waals surface area contributed by atoms with E-state index in [9.17, 15) is 19.2 Å². The number of hydrogen-bond donors (Lipinski definition) is 4. The van der Waals surface area contributed by atoms with Gasteiger partial charge in [-0.25, -0.2) is 29.0 Å². The molecule has 0 unspecified atom stereocenters. The van der Waals surface area contributed by atoms with Gasteiger partial charge in [-0.2, -0.15) is 0 Å². The number of imide groups is 2. The monoisotopic (exact) mass is 259 g/mol. The van der Waals surface area contributed by atoms with Crippen LogP contribution in [0, 0.1) is 0 Å². The molecule has 10 nitrogen and oxygen atoms in total. The minimum atomic E-state index is -1.82. The second-order valence-corrected chi connectivity index (χ2v) is 2.43. The summed E-state index contributed by atoms with van der Waals surface area (Å²) in [5.41, 5.74) is 0. The molecule has 17 heavy (non-hydrogen) atoms. The van der Waals surface area contributed by atoms with Crippen molar-refractivity contribution in [3.05, 3.63) is 0 Å².